The van der Waals surface area contributed by atoms with Crippen LogP contribution in [-0.2, 0) is 0 Å². The highest BCUT2D eigenvalue weighted by atomic mass is 14.6. The van der Waals surface area contributed by atoms with Crippen LogP contribution in [0.15, 0.2) is 0 Å². The first kappa shape index (κ1) is 6.09. The molecule has 0 aromatic carbocycles. The molecule has 6 heavy (non-hydrogen) atoms. The summed E-state index contributed by atoms with van der Waals surface area (Å²) in [5.74, 6) is 0. The Balaban J connectivity index is 3.17. The van der Waals surface area contributed by atoms with Gasteiger partial charge in [0.15, 0.2) is 0 Å². The van der Waals surface area contributed by atoms with E-state index in [0.717, 1.165) is 6.42 Å². The Morgan fingerprint density at radius 3 is 1.83 bits per heavy atom. The van der Waals surface area contributed by atoms with Gasteiger partial charge in [-0.3, -0.25) is 0 Å². The summed E-state index contributed by atoms with van der Waals surface area (Å²) in [5.41, 5.74) is 5.53. The van der Waals surface area contributed by atoms with Gasteiger partial charge < -0.3 is 5.73 Å². The Morgan fingerprint density at radius 1 is 1.67 bits per heavy atom. The number of hydrogen-bond donors (Lipinski definition) is 1. The summed E-state index contributed by atoms with van der Waals surface area (Å²) < 4.78 is 0. The van der Waals surface area contributed by atoms with Crippen LogP contribution < -0.4 is 5.73 Å². The Hall–Kier alpha value is 0.0899. The summed E-state index contributed by atoms with van der Waals surface area (Å²) in [4.78, 5) is 0. The molecule has 0 aliphatic carbocycles. The fraction of sp³-hybridized carbons (Fsp3) is 1.00. The first-order chi connectivity index (χ1) is 2.56. The molecular weight excluding hydrogens is 71.7 g/mol. The van der Waals surface area contributed by atoms with Crippen LogP contribution >= 0.6 is 0 Å². The topological polar surface area (TPSA) is 26.0 Å². The van der Waals surface area contributed by atoms with E-state index in [-0.39, 0.29) is 5.34 Å². The Morgan fingerprint density at radius 2 is 1.83 bits per heavy atom. The van der Waals surface area contributed by atoms with Crippen LogP contribution in [0.3, 0.4) is 0 Å². The zero-order valence-electron chi connectivity index (χ0n) is 4.78. The summed E-state index contributed by atoms with van der Waals surface area (Å²) >= 11 is 0. The van der Waals surface area contributed by atoms with Gasteiger partial charge in [0.1, 0.15) is 15.7 Å². The lowest BCUT2D eigenvalue weighted by molar-refractivity contribution is 0.781. The summed E-state index contributed by atoms with van der Waals surface area (Å²) in [6.45, 7) is 2.08. The maximum Gasteiger partial charge on any atom is 0.116 e. The molecule has 0 saturated carbocycles. The maximum absolute atomic E-state index is 5.53. The van der Waals surface area contributed by atoms with Crippen LogP contribution in [0.4, 0.5) is 0 Å². The quantitative estimate of drug-likeness (QED) is 0.374. The van der Waals surface area contributed by atoms with E-state index in [4.69, 9.17) is 5.73 Å². The fourth-order valence-corrected chi connectivity index (χ4v) is 0. The van der Waals surface area contributed by atoms with Crippen LogP contribution in [-0.4, -0.2) is 21.0 Å². The minimum atomic E-state index is 0.0417. The van der Waals surface area contributed by atoms with Gasteiger partial charge >= 0.3 is 0 Å². The van der Waals surface area contributed by atoms with Crippen LogP contribution in [0.25, 0.3) is 0 Å². The van der Waals surface area contributed by atoms with Crippen molar-refractivity contribution < 1.29 is 0 Å². The average Bonchev–Trinajstić information content (AvgIpc) is 1.35. The van der Waals surface area contributed by atoms with Crippen molar-refractivity contribution in [3.8, 4) is 0 Å². The van der Waals surface area contributed by atoms with Crippen LogP contribution in [0.1, 0.15) is 13.3 Å². The third kappa shape index (κ3) is 4.09. The van der Waals surface area contributed by atoms with Crippen molar-refractivity contribution in [3.63, 3.8) is 0 Å². The van der Waals surface area contributed by atoms with E-state index < -0.39 is 0 Å². The van der Waals surface area contributed by atoms with E-state index in [9.17, 15) is 0 Å². The normalized spacial score (nSPS) is 11.7. The zero-order chi connectivity index (χ0) is 5.21. The molecule has 0 unspecified atom stereocenters. The third-order valence-electron chi connectivity index (χ3n) is 0.911. The predicted molar refractivity (Wildman–Crippen MR) is 34.3 cm³/mol. The van der Waals surface area contributed by atoms with Gasteiger partial charge in [-0.15, -0.1) is 0 Å². The fourth-order valence-electron chi connectivity index (χ4n) is 0. The van der Waals surface area contributed by atoms with Gasteiger partial charge in [-0.25, -0.2) is 0 Å². The monoisotopic (exact) mass is 83.1 g/mol. The van der Waals surface area contributed by atoms with Crippen molar-refractivity contribution in [1.82, 2.24) is 0 Å². The highest BCUT2D eigenvalue weighted by Gasteiger charge is 2.04. The molecule has 0 heterocycles. The second kappa shape index (κ2) is 1.69. The molecule has 0 aromatic rings. The van der Waals surface area contributed by atoms with E-state index in [1.165, 1.54) is 0 Å². The lowest BCUT2D eigenvalue weighted by Crippen LogP contribution is -2.39. The van der Waals surface area contributed by atoms with Gasteiger partial charge in [-0.05, 0) is 5.34 Å². The van der Waals surface area contributed by atoms with Gasteiger partial charge in [-0.1, -0.05) is 13.3 Å². The van der Waals surface area contributed by atoms with Gasteiger partial charge in [0.25, 0.3) is 0 Å². The van der Waals surface area contributed by atoms with Crippen molar-refractivity contribution in [3.05, 3.63) is 0 Å². The van der Waals surface area contributed by atoms with Gasteiger partial charge in [0.2, 0.25) is 0 Å². The van der Waals surface area contributed by atoms with E-state index >= 15 is 0 Å². The van der Waals surface area contributed by atoms with Crippen molar-refractivity contribution >= 4 is 15.7 Å². The highest BCUT2D eigenvalue weighted by Crippen LogP contribution is 1.88. The molecule has 2 N–H and O–H groups in total. The van der Waals surface area contributed by atoms with Gasteiger partial charge in [0, 0.05) is 0 Å². The standard InChI is InChI=1S/C3H11B2N/c1-2-3(4,5)6/h2,4-6H2,1H3. The number of hydrogen-bond acceptors (Lipinski definition) is 1. The Bertz CT molecular complexity index is 38.5. The SMILES string of the molecule is BC(B)(N)CC. The molecule has 0 fully saturated rings. The van der Waals surface area contributed by atoms with E-state index in [1.807, 2.05) is 15.7 Å². The first-order valence-electron chi connectivity index (χ1n) is 2.35. The maximum atomic E-state index is 5.53. The lowest BCUT2D eigenvalue weighted by Gasteiger charge is -2.12. The Kier molecular flexibility index (Phi) is 1.72. The van der Waals surface area contributed by atoms with E-state index in [2.05, 4.69) is 6.92 Å². The smallest absolute Gasteiger partial charge is 0.116 e. The van der Waals surface area contributed by atoms with Crippen molar-refractivity contribution in [1.29, 1.82) is 0 Å². The molecule has 0 rings (SSSR count). The second-order valence-corrected chi connectivity index (χ2v) is 2.34. The predicted octanol–water partition coefficient (Wildman–Crippen LogP) is -1.72. The van der Waals surface area contributed by atoms with E-state index in [1.54, 1.807) is 0 Å². The summed E-state index contributed by atoms with van der Waals surface area (Å²) in [5, 5.41) is 0.0417. The minimum absolute atomic E-state index is 0.0417. The first-order valence-corrected chi connectivity index (χ1v) is 2.35. The van der Waals surface area contributed by atoms with Crippen molar-refractivity contribution in [2.45, 2.75) is 18.7 Å². The van der Waals surface area contributed by atoms with Crippen LogP contribution in [0.5, 0.6) is 0 Å². The summed E-state index contributed by atoms with van der Waals surface area (Å²) in [6.07, 6.45) is 1.05. The molecule has 3 heteroatoms. The highest BCUT2D eigenvalue weighted by molar-refractivity contribution is 6.39. The van der Waals surface area contributed by atoms with Crippen molar-refractivity contribution in [2.24, 2.45) is 5.73 Å². The lowest BCUT2D eigenvalue weighted by atomic mass is 9.61. The molecule has 0 radical (unpaired) electrons. The molecule has 0 atom stereocenters. The molecular formula is C3H11B2N. The molecule has 1 nitrogen and oxygen atoms in total. The second-order valence-electron chi connectivity index (χ2n) is 2.34. The third-order valence-corrected chi connectivity index (χ3v) is 0.911. The van der Waals surface area contributed by atoms with Crippen LogP contribution in [0.2, 0.25) is 0 Å². The van der Waals surface area contributed by atoms with Crippen molar-refractivity contribution in [2.75, 3.05) is 0 Å². The van der Waals surface area contributed by atoms with Crippen LogP contribution in [0, 0.1) is 0 Å². The minimum Gasteiger partial charge on any atom is -0.340 e. The zero-order valence-corrected chi connectivity index (χ0v) is 4.78. The summed E-state index contributed by atoms with van der Waals surface area (Å²) in [6, 6.07) is 0. The molecule has 0 bridgehead atoms. The largest absolute Gasteiger partial charge is 0.340 e. The van der Waals surface area contributed by atoms with E-state index in [0.29, 0.717) is 0 Å². The molecule has 0 aromatic heterocycles. The molecule has 0 saturated heterocycles. The molecule has 0 aliphatic rings. The molecule has 0 spiro atoms. The number of nitrogens with two attached hydrogens (primary N) is 1. The molecule has 34 valence electrons. The molecule has 0 amide bonds. The Labute approximate surface area is 41.1 Å². The molecule has 0 aliphatic heterocycles. The number of rotatable bonds is 1. The average molecular weight is 82.8 g/mol. The van der Waals surface area contributed by atoms with Gasteiger partial charge in [-0.2, -0.15) is 0 Å². The summed E-state index contributed by atoms with van der Waals surface area (Å²) in [7, 11) is 4.04. The van der Waals surface area contributed by atoms with Gasteiger partial charge in [0.05, 0.1) is 0 Å².